The Labute approximate surface area is 167 Å². The SMILES string of the molecule is COc1cc(C(C)C2(C)NC(=O)NC2=O)ccc1OCc1c(F)cccc1Cl. The van der Waals surface area contributed by atoms with Crippen LogP contribution in [0.25, 0.3) is 0 Å². The van der Waals surface area contributed by atoms with Crippen LogP contribution in [0.3, 0.4) is 0 Å². The Balaban J connectivity index is 1.83. The number of urea groups is 1. The number of benzene rings is 2. The van der Waals surface area contributed by atoms with Crippen molar-refractivity contribution in [2.45, 2.75) is 31.9 Å². The van der Waals surface area contributed by atoms with Gasteiger partial charge in [0.25, 0.3) is 5.91 Å². The predicted octanol–water partition coefficient (Wildman–Crippen LogP) is 3.77. The zero-order valence-electron chi connectivity index (χ0n) is 15.6. The average Bonchev–Trinajstić information content (AvgIpc) is 2.93. The van der Waals surface area contributed by atoms with E-state index in [-0.39, 0.29) is 23.1 Å². The maximum Gasteiger partial charge on any atom is 0.322 e. The number of carbonyl (C=O) groups is 2. The third kappa shape index (κ3) is 3.62. The van der Waals surface area contributed by atoms with Crippen molar-refractivity contribution in [3.8, 4) is 11.5 Å². The Morgan fingerprint density at radius 1 is 1.21 bits per heavy atom. The standard InChI is InChI=1S/C20H20ClFN2O4/c1-11(20(2)18(25)23-19(26)24-20)12-7-8-16(17(9-12)27-3)28-10-13-14(21)5-4-6-15(13)22/h4-9,11H,10H2,1-3H3,(H2,23,24,25,26). The van der Waals surface area contributed by atoms with E-state index in [2.05, 4.69) is 10.6 Å². The van der Waals surface area contributed by atoms with Crippen LogP contribution in [0.2, 0.25) is 5.02 Å². The van der Waals surface area contributed by atoms with Crippen molar-refractivity contribution < 1.29 is 23.5 Å². The normalized spacial score (nSPS) is 19.8. The molecule has 2 N–H and O–H groups in total. The lowest BCUT2D eigenvalue weighted by atomic mass is 9.82. The van der Waals surface area contributed by atoms with E-state index in [4.69, 9.17) is 21.1 Å². The molecule has 3 rings (SSSR count). The van der Waals surface area contributed by atoms with Crippen molar-refractivity contribution in [3.63, 3.8) is 0 Å². The van der Waals surface area contributed by atoms with Gasteiger partial charge in [-0.05, 0) is 36.8 Å². The number of hydrogen-bond acceptors (Lipinski definition) is 4. The van der Waals surface area contributed by atoms with Gasteiger partial charge in [-0.1, -0.05) is 30.7 Å². The number of nitrogens with one attached hydrogen (secondary N) is 2. The summed E-state index contributed by atoms with van der Waals surface area (Å²) in [4.78, 5) is 23.7. The molecule has 0 saturated carbocycles. The lowest BCUT2D eigenvalue weighted by Gasteiger charge is -2.29. The Morgan fingerprint density at radius 2 is 1.96 bits per heavy atom. The van der Waals surface area contributed by atoms with Crippen LogP contribution in [0.4, 0.5) is 9.18 Å². The molecule has 0 spiro atoms. The van der Waals surface area contributed by atoms with Crippen LogP contribution in [0, 0.1) is 5.82 Å². The summed E-state index contributed by atoms with van der Waals surface area (Å²) in [5.41, 5.74) is -0.0555. The van der Waals surface area contributed by atoms with Crippen LogP contribution in [-0.2, 0) is 11.4 Å². The molecule has 1 aliphatic rings. The summed E-state index contributed by atoms with van der Waals surface area (Å²) >= 11 is 6.03. The number of rotatable bonds is 6. The third-order valence-electron chi connectivity index (χ3n) is 5.06. The minimum absolute atomic E-state index is 0.0626. The second-order valence-corrected chi connectivity index (χ2v) is 7.14. The lowest BCUT2D eigenvalue weighted by Crippen LogP contribution is -2.48. The van der Waals surface area contributed by atoms with Crippen molar-refractivity contribution in [2.75, 3.05) is 7.11 Å². The molecule has 1 aliphatic heterocycles. The number of imide groups is 1. The molecule has 0 bridgehead atoms. The summed E-state index contributed by atoms with van der Waals surface area (Å²) in [5.74, 6) is -0.345. The topological polar surface area (TPSA) is 76.7 Å². The molecule has 2 aromatic rings. The van der Waals surface area contributed by atoms with Gasteiger partial charge in [-0.15, -0.1) is 0 Å². The molecular weight excluding hydrogens is 387 g/mol. The van der Waals surface area contributed by atoms with Crippen molar-refractivity contribution in [3.05, 3.63) is 58.4 Å². The first-order valence-electron chi connectivity index (χ1n) is 8.63. The fourth-order valence-corrected chi connectivity index (χ4v) is 3.31. The van der Waals surface area contributed by atoms with Gasteiger partial charge in [0, 0.05) is 11.5 Å². The van der Waals surface area contributed by atoms with Crippen LogP contribution in [0.5, 0.6) is 11.5 Å². The lowest BCUT2D eigenvalue weighted by molar-refractivity contribution is -0.124. The highest BCUT2D eigenvalue weighted by Crippen LogP contribution is 2.36. The number of amides is 3. The molecular formula is C20H20ClFN2O4. The van der Waals surface area contributed by atoms with Crippen LogP contribution in [-0.4, -0.2) is 24.6 Å². The number of carbonyl (C=O) groups excluding carboxylic acids is 2. The minimum atomic E-state index is -1.08. The average molecular weight is 407 g/mol. The van der Waals surface area contributed by atoms with Crippen LogP contribution < -0.4 is 20.1 Å². The number of methoxy groups -OCH3 is 1. The Morgan fingerprint density at radius 3 is 2.57 bits per heavy atom. The highest BCUT2D eigenvalue weighted by atomic mass is 35.5. The summed E-state index contributed by atoms with van der Waals surface area (Å²) in [6.45, 7) is 3.43. The number of hydrogen-bond donors (Lipinski definition) is 2. The zero-order chi connectivity index (χ0) is 20.5. The quantitative estimate of drug-likeness (QED) is 0.716. The monoisotopic (exact) mass is 406 g/mol. The molecule has 8 heteroatoms. The van der Waals surface area contributed by atoms with Crippen molar-refractivity contribution in [2.24, 2.45) is 0 Å². The fraction of sp³-hybridized carbons (Fsp3) is 0.300. The van der Waals surface area contributed by atoms with Crippen molar-refractivity contribution in [1.82, 2.24) is 10.6 Å². The predicted molar refractivity (Wildman–Crippen MR) is 102 cm³/mol. The van der Waals surface area contributed by atoms with Crippen LogP contribution in [0.1, 0.15) is 30.9 Å². The highest BCUT2D eigenvalue weighted by molar-refractivity contribution is 6.31. The molecule has 2 aromatic carbocycles. The molecule has 1 heterocycles. The Hall–Kier alpha value is -2.80. The molecule has 2 atom stereocenters. The number of ether oxygens (including phenoxy) is 2. The van der Waals surface area contributed by atoms with E-state index in [1.54, 1.807) is 31.2 Å². The molecule has 28 heavy (non-hydrogen) atoms. The molecule has 0 radical (unpaired) electrons. The summed E-state index contributed by atoms with van der Waals surface area (Å²) in [6.07, 6.45) is 0. The maximum atomic E-state index is 13.9. The smallest absolute Gasteiger partial charge is 0.322 e. The van der Waals surface area contributed by atoms with Gasteiger partial charge in [0.2, 0.25) is 0 Å². The Kier molecular flexibility index (Phi) is 5.47. The van der Waals surface area contributed by atoms with Gasteiger partial charge < -0.3 is 14.8 Å². The largest absolute Gasteiger partial charge is 0.493 e. The summed E-state index contributed by atoms with van der Waals surface area (Å²) in [5, 5.41) is 5.19. The molecule has 6 nitrogen and oxygen atoms in total. The minimum Gasteiger partial charge on any atom is -0.493 e. The summed E-state index contributed by atoms with van der Waals surface area (Å²) < 4.78 is 25.0. The van der Waals surface area contributed by atoms with E-state index in [0.29, 0.717) is 11.5 Å². The van der Waals surface area contributed by atoms with Crippen molar-refractivity contribution in [1.29, 1.82) is 0 Å². The van der Waals surface area contributed by atoms with Crippen LogP contribution >= 0.6 is 11.6 Å². The number of halogens is 2. The van der Waals surface area contributed by atoms with Gasteiger partial charge in [0.1, 0.15) is 18.0 Å². The van der Waals surface area contributed by atoms with E-state index in [9.17, 15) is 14.0 Å². The van der Waals surface area contributed by atoms with Gasteiger partial charge >= 0.3 is 6.03 Å². The first-order valence-corrected chi connectivity index (χ1v) is 9.01. The molecule has 0 aromatic heterocycles. The molecule has 1 fully saturated rings. The molecule has 1 saturated heterocycles. The second-order valence-electron chi connectivity index (χ2n) is 6.73. The third-order valence-corrected chi connectivity index (χ3v) is 5.41. The van der Waals surface area contributed by atoms with E-state index in [0.717, 1.165) is 5.56 Å². The first-order chi connectivity index (χ1) is 13.3. The first kappa shape index (κ1) is 19.9. The Bertz CT molecular complexity index is 916. The van der Waals surface area contributed by atoms with Gasteiger partial charge in [0.05, 0.1) is 12.1 Å². The van der Waals surface area contributed by atoms with Gasteiger partial charge in [-0.2, -0.15) is 0 Å². The van der Waals surface area contributed by atoms with Gasteiger partial charge in [-0.3, -0.25) is 10.1 Å². The fourth-order valence-electron chi connectivity index (χ4n) is 3.09. The summed E-state index contributed by atoms with van der Waals surface area (Å²) in [7, 11) is 1.48. The molecule has 2 unspecified atom stereocenters. The van der Waals surface area contributed by atoms with Gasteiger partial charge in [-0.25, -0.2) is 9.18 Å². The van der Waals surface area contributed by atoms with Crippen LogP contribution in [0.15, 0.2) is 36.4 Å². The van der Waals surface area contributed by atoms with E-state index >= 15 is 0 Å². The zero-order valence-corrected chi connectivity index (χ0v) is 16.4. The van der Waals surface area contributed by atoms with E-state index in [1.807, 2.05) is 6.92 Å². The molecule has 148 valence electrons. The van der Waals surface area contributed by atoms with E-state index in [1.165, 1.54) is 19.2 Å². The molecule has 0 aliphatic carbocycles. The second kappa shape index (κ2) is 7.67. The summed E-state index contributed by atoms with van der Waals surface area (Å²) in [6, 6.07) is 9.09. The highest BCUT2D eigenvalue weighted by Gasteiger charge is 2.46. The van der Waals surface area contributed by atoms with E-state index < -0.39 is 23.3 Å². The van der Waals surface area contributed by atoms with Crippen molar-refractivity contribution >= 4 is 23.5 Å². The molecule has 3 amide bonds. The maximum absolute atomic E-state index is 13.9. The van der Waals surface area contributed by atoms with Gasteiger partial charge in [0.15, 0.2) is 11.5 Å².